The molecule has 0 radical (unpaired) electrons. The molecule has 106 valence electrons. The number of amides is 1. The van der Waals surface area contributed by atoms with Crippen LogP contribution in [0, 0.1) is 0 Å². The Labute approximate surface area is 123 Å². The van der Waals surface area contributed by atoms with Crippen molar-refractivity contribution in [2.75, 3.05) is 12.8 Å². The minimum atomic E-state index is 0.128. The molecule has 0 aliphatic heterocycles. The minimum absolute atomic E-state index is 0.128. The van der Waals surface area contributed by atoms with Gasteiger partial charge >= 0.3 is 0 Å². The maximum Gasteiger partial charge on any atom is 0.232 e. The summed E-state index contributed by atoms with van der Waals surface area (Å²) in [5.74, 6) is 0.589. The molecule has 0 saturated heterocycles. The van der Waals surface area contributed by atoms with Gasteiger partial charge in [-0.1, -0.05) is 18.2 Å². The number of aryl methyl sites for hydroxylation is 1. The second-order valence-electron chi connectivity index (χ2n) is 4.56. The fourth-order valence-electron chi connectivity index (χ4n) is 1.80. The van der Waals surface area contributed by atoms with Crippen LogP contribution >= 0.6 is 11.8 Å². The number of hydrogen-bond acceptors (Lipinski definition) is 3. The van der Waals surface area contributed by atoms with Gasteiger partial charge in [0.15, 0.2) is 0 Å². The first-order chi connectivity index (χ1) is 9.69. The average molecular weight is 289 g/mol. The molecule has 0 aliphatic rings. The van der Waals surface area contributed by atoms with Crippen LogP contribution < -0.4 is 0 Å². The van der Waals surface area contributed by atoms with E-state index < -0.39 is 0 Å². The van der Waals surface area contributed by atoms with E-state index >= 15 is 0 Å². The van der Waals surface area contributed by atoms with Crippen molar-refractivity contribution in [3.05, 3.63) is 48.3 Å². The van der Waals surface area contributed by atoms with E-state index in [2.05, 4.69) is 5.10 Å². The lowest BCUT2D eigenvalue weighted by atomic mass is 10.3. The first-order valence-electron chi connectivity index (χ1n) is 6.62. The largest absolute Gasteiger partial charge is 0.341 e. The normalized spacial score (nSPS) is 10.5. The Morgan fingerprint density at radius 3 is 2.75 bits per heavy atom. The molecule has 1 heterocycles. The number of carbonyl (C=O) groups is 1. The Bertz CT molecular complexity index is 553. The molecule has 0 fully saturated rings. The average Bonchev–Trinajstić information content (AvgIpc) is 2.93. The molecule has 0 saturated carbocycles. The minimum Gasteiger partial charge on any atom is -0.341 e. The topological polar surface area (TPSA) is 38.1 Å². The quantitative estimate of drug-likeness (QED) is 0.767. The van der Waals surface area contributed by atoms with E-state index in [0.717, 1.165) is 17.0 Å². The van der Waals surface area contributed by atoms with Crippen LogP contribution in [0.1, 0.15) is 12.5 Å². The van der Waals surface area contributed by atoms with Gasteiger partial charge in [0, 0.05) is 36.8 Å². The maximum atomic E-state index is 12.1. The van der Waals surface area contributed by atoms with Crippen molar-refractivity contribution in [3.8, 4) is 0 Å². The molecular formula is C15H19N3OS. The third-order valence-corrected chi connectivity index (χ3v) is 3.96. The van der Waals surface area contributed by atoms with Crippen LogP contribution in [0.5, 0.6) is 0 Å². The monoisotopic (exact) mass is 289 g/mol. The number of carbonyl (C=O) groups excluding carboxylic acids is 1. The van der Waals surface area contributed by atoms with Crippen LogP contribution in [-0.2, 0) is 17.9 Å². The summed E-state index contributed by atoms with van der Waals surface area (Å²) < 4.78 is 1.87. The Kier molecular flexibility index (Phi) is 5.24. The molecule has 1 amide bonds. The highest BCUT2D eigenvalue weighted by Crippen LogP contribution is 2.17. The predicted molar refractivity (Wildman–Crippen MR) is 81.5 cm³/mol. The van der Waals surface area contributed by atoms with Crippen LogP contribution in [0.15, 0.2) is 47.6 Å². The van der Waals surface area contributed by atoms with Gasteiger partial charge in [-0.3, -0.25) is 9.48 Å². The standard InChI is InChI=1S/C15H19N3OS/c1-3-18-11-13(9-16-18)10-17(2)15(19)12-20-14-7-5-4-6-8-14/h4-9,11H,3,10,12H2,1-2H3. The third kappa shape index (κ3) is 4.13. The Morgan fingerprint density at radius 2 is 2.10 bits per heavy atom. The molecule has 0 spiro atoms. The van der Waals surface area contributed by atoms with E-state index in [9.17, 15) is 4.79 Å². The zero-order valence-corrected chi connectivity index (χ0v) is 12.6. The molecule has 0 bridgehead atoms. The molecule has 0 aliphatic carbocycles. The van der Waals surface area contributed by atoms with Gasteiger partial charge < -0.3 is 4.90 Å². The molecule has 20 heavy (non-hydrogen) atoms. The number of rotatable bonds is 6. The Morgan fingerprint density at radius 1 is 1.35 bits per heavy atom. The molecule has 1 aromatic carbocycles. The fourth-order valence-corrected chi connectivity index (χ4v) is 2.66. The molecular weight excluding hydrogens is 270 g/mol. The zero-order chi connectivity index (χ0) is 14.4. The summed E-state index contributed by atoms with van der Waals surface area (Å²) in [4.78, 5) is 14.9. The van der Waals surface area contributed by atoms with Crippen LogP contribution in [0.4, 0.5) is 0 Å². The van der Waals surface area contributed by atoms with E-state index in [-0.39, 0.29) is 5.91 Å². The van der Waals surface area contributed by atoms with E-state index in [0.29, 0.717) is 12.3 Å². The molecule has 2 rings (SSSR count). The Balaban J connectivity index is 1.82. The van der Waals surface area contributed by atoms with Gasteiger partial charge in [0.25, 0.3) is 0 Å². The lowest BCUT2D eigenvalue weighted by Crippen LogP contribution is -2.27. The van der Waals surface area contributed by atoms with E-state index in [1.54, 1.807) is 16.7 Å². The fraction of sp³-hybridized carbons (Fsp3) is 0.333. The van der Waals surface area contributed by atoms with Gasteiger partial charge in [-0.15, -0.1) is 11.8 Å². The van der Waals surface area contributed by atoms with Crippen molar-refractivity contribution < 1.29 is 4.79 Å². The number of benzene rings is 1. The van der Waals surface area contributed by atoms with E-state index in [1.165, 1.54) is 0 Å². The van der Waals surface area contributed by atoms with E-state index in [1.807, 2.05) is 61.4 Å². The molecule has 2 aromatic rings. The van der Waals surface area contributed by atoms with Crippen LogP contribution in [-0.4, -0.2) is 33.4 Å². The van der Waals surface area contributed by atoms with Gasteiger partial charge in [-0.2, -0.15) is 5.10 Å². The molecule has 0 unspecified atom stereocenters. The summed E-state index contributed by atoms with van der Waals surface area (Å²) in [6, 6.07) is 9.97. The smallest absolute Gasteiger partial charge is 0.232 e. The predicted octanol–water partition coefficient (Wildman–Crippen LogP) is 2.65. The SMILES string of the molecule is CCn1cc(CN(C)C(=O)CSc2ccccc2)cn1. The molecule has 0 N–H and O–H groups in total. The number of thioether (sulfide) groups is 1. The summed E-state index contributed by atoms with van der Waals surface area (Å²) >= 11 is 1.57. The summed E-state index contributed by atoms with van der Waals surface area (Å²) in [5.41, 5.74) is 1.06. The van der Waals surface area contributed by atoms with Crippen molar-refractivity contribution in [3.63, 3.8) is 0 Å². The van der Waals surface area contributed by atoms with Crippen molar-refractivity contribution in [2.45, 2.75) is 24.9 Å². The number of nitrogens with zero attached hydrogens (tertiary/aromatic N) is 3. The molecule has 0 atom stereocenters. The molecule has 5 heteroatoms. The first-order valence-corrected chi connectivity index (χ1v) is 7.60. The van der Waals surface area contributed by atoms with Crippen LogP contribution in [0.2, 0.25) is 0 Å². The van der Waals surface area contributed by atoms with Crippen molar-refractivity contribution in [1.82, 2.24) is 14.7 Å². The highest BCUT2D eigenvalue weighted by molar-refractivity contribution is 8.00. The lowest BCUT2D eigenvalue weighted by molar-refractivity contribution is -0.127. The highest BCUT2D eigenvalue weighted by Gasteiger charge is 2.10. The molecule has 4 nitrogen and oxygen atoms in total. The molecule has 1 aromatic heterocycles. The van der Waals surface area contributed by atoms with Crippen molar-refractivity contribution >= 4 is 17.7 Å². The summed E-state index contributed by atoms with van der Waals surface area (Å²) in [7, 11) is 1.83. The van der Waals surface area contributed by atoms with Crippen LogP contribution in [0.3, 0.4) is 0 Å². The summed E-state index contributed by atoms with van der Waals surface area (Å²) in [6.07, 6.45) is 3.80. The van der Waals surface area contributed by atoms with Gasteiger partial charge in [0.05, 0.1) is 11.9 Å². The van der Waals surface area contributed by atoms with E-state index in [4.69, 9.17) is 0 Å². The third-order valence-electron chi connectivity index (χ3n) is 2.96. The van der Waals surface area contributed by atoms with Gasteiger partial charge in [0.1, 0.15) is 0 Å². The van der Waals surface area contributed by atoms with Gasteiger partial charge in [-0.05, 0) is 19.1 Å². The van der Waals surface area contributed by atoms with Crippen LogP contribution in [0.25, 0.3) is 0 Å². The zero-order valence-electron chi connectivity index (χ0n) is 11.8. The summed E-state index contributed by atoms with van der Waals surface area (Å²) in [5, 5.41) is 4.21. The highest BCUT2D eigenvalue weighted by atomic mass is 32.2. The maximum absolute atomic E-state index is 12.1. The van der Waals surface area contributed by atoms with Gasteiger partial charge in [-0.25, -0.2) is 0 Å². The second-order valence-corrected chi connectivity index (χ2v) is 5.60. The first kappa shape index (κ1) is 14.7. The summed E-state index contributed by atoms with van der Waals surface area (Å²) in [6.45, 7) is 3.50. The number of aromatic nitrogens is 2. The number of hydrogen-bond donors (Lipinski definition) is 0. The van der Waals surface area contributed by atoms with Crippen molar-refractivity contribution in [1.29, 1.82) is 0 Å². The van der Waals surface area contributed by atoms with Crippen molar-refractivity contribution in [2.24, 2.45) is 0 Å². The second kappa shape index (κ2) is 7.14. The Hall–Kier alpha value is -1.75. The van der Waals surface area contributed by atoms with Gasteiger partial charge in [0.2, 0.25) is 5.91 Å². The lowest BCUT2D eigenvalue weighted by Gasteiger charge is -2.15.